The van der Waals surface area contributed by atoms with Crippen molar-refractivity contribution in [3.63, 3.8) is 0 Å². The molecule has 1 saturated carbocycles. The molecule has 0 radical (unpaired) electrons. The average Bonchev–Trinajstić information content (AvgIpc) is 2.02. The first-order valence-corrected chi connectivity index (χ1v) is 4.83. The van der Waals surface area contributed by atoms with E-state index in [2.05, 4.69) is 0 Å². The number of hydrogen-bond donors (Lipinski definition) is 1. The van der Waals surface area contributed by atoms with Gasteiger partial charge in [0.15, 0.2) is 0 Å². The fraction of sp³-hybridized carbons (Fsp3) is 1.00. The lowest BCUT2D eigenvalue weighted by Gasteiger charge is -2.33. The second-order valence-electron chi connectivity index (χ2n) is 3.99. The minimum atomic E-state index is -4.12. The van der Waals surface area contributed by atoms with Crippen molar-refractivity contribution in [3.8, 4) is 0 Å². The van der Waals surface area contributed by atoms with Gasteiger partial charge in [-0.15, -0.1) is 0 Å². The van der Waals surface area contributed by atoms with E-state index in [1.807, 2.05) is 0 Å². The van der Waals surface area contributed by atoms with Crippen LogP contribution < -0.4 is 0 Å². The van der Waals surface area contributed by atoms with Crippen LogP contribution in [0.3, 0.4) is 0 Å². The Morgan fingerprint density at radius 3 is 2.14 bits per heavy atom. The second kappa shape index (κ2) is 4.49. The van der Waals surface area contributed by atoms with Crippen molar-refractivity contribution in [2.24, 2.45) is 0 Å². The summed E-state index contributed by atoms with van der Waals surface area (Å²) in [4.78, 5) is 1.34. The molecule has 0 amide bonds. The number of rotatable bonds is 2. The van der Waals surface area contributed by atoms with E-state index in [0.717, 1.165) is 0 Å². The van der Waals surface area contributed by atoms with Gasteiger partial charge < -0.3 is 5.11 Å². The number of halogens is 3. The first-order valence-electron chi connectivity index (χ1n) is 4.83. The molecule has 1 aliphatic carbocycles. The molecule has 1 rings (SSSR count). The smallest absolute Gasteiger partial charge is 0.393 e. The Morgan fingerprint density at radius 1 is 1.21 bits per heavy atom. The van der Waals surface area contributed by atoms with Crippen molar-refractivity contribution >= 4 is 0 Å². The summed E-state index contributed by atoms with van der Waals surface area (Å²) in [5, 5.41) is 9.20. The summed E-state index contributed by atoms with van der Waals surface area (Å²) in [5.74, 6) is 0. The molecule has 84 valence electrons. The maximum atomic E-state index is 12.0. The normalized spacial score (nSPS) is 29.6. The molecular formula is C9H16F3NO. The zero-order valence-electron chi connectivity index (χ0n) is 8.22. The van der Waals surface area contributed by atoms with Crippen LogP contribution in [0.5, 0.6) is 0 Å². The third kappa shape index (κ3) is 3.84. The molecule has 1 N–H and O–H groups in total. The second-order valence-corrected chi connectivity index (χ2v) is 3.99. The van der Waals surface area contributed by atoms with Crippen molar-refractivity contribution in [1.29, 1.82) is 0 Å². The van der Waals surface area contributed by atoms with E-state index in [1.165, 1.54) is 11.9 Å². The van der Waals surface area contributed by atoms with Crippen LogP contribution in [0, 0.1) is 0 Å². The molecule has 1 fully saturated rings. The molecule has 14 heavy (non-hydrogen) atoms. The van der Waals surface area contributed by atoms with Crippen LogP contribution in [0.25, 0.3) is 0 Å². The third-order valence-electron chi connectivity index (χ3n) is 2.72. The van der Waals surface area contributed by atoms with Gasteiger partial charge in [0.05, 0.1) is 12.6 Å². The van der Waals surface area contributed by atoms with Crippen LogP contribution in [-0.2, 0) is 0 Å². The van der Waals surface area contributed by atoms with E-state index in [-0.39, 0.29) is 12.1 Å². The molecule has 0 bridgehead atoms. The summed E-state index contributed by atoms with van der Waals surface area (Å²) in [7, 11) is 1.50. The van der Waals surface area contributed by atoms with E-state index in [0.29, 0.717) is 25.7 Å². The van der Waals surface area contributed by atoms with Crippen molar-refractivity contribution in [2.45, 2.75) is 44.0 Å². The van der Waals surface area contributed by atoms with E-state index >= 15 is 0 Å². The summed E-state index contributed by atoms with van der Waals surface area (Å²) in [5.41, 5.74) is 0. The minimum absolute atomic E-state index is 0.0278. The topological polar surface area (TPSA) is 23.5 Å². The monoisotopic (exact) mass is 211 g/mol. The highest BCUT2D eigenvalue weighted by Crippen LogP contribution is 2.25. The lowest BCUT2D eigenvalue weighted by Crippen LogP contribution is -2.41. The first kappa shape index (κ1) is 11.8. The van der Waals surface area contributed by atoms with Gasteiger partial charge in [-0.25, -0.2) is 0 Å². The van der Waals surface area contributed by atoms with Crippen molar-refractivity contribution < 1.29 is 18.3 Å². The largest absolute Gasteiger partial charge is 0.401 e. The van der Waals surface area contributed by atoms with Gasteiger partial charge in [0, 0.05) is 6.04 Å². The zero-order valence-corrected chi connectivity index (χ0v) is 8.22. The number of aliphatic hydroxyl groups excluding tert-OH is 1. The number of alkyl halides is 3. The number of hydrogen-bond acceptors (Lipinski definition) is 2. The number of nitrogens with zero attached hydrogens (tertiary/aromatic N) is 1. The lowest BCUT2D eigenvalue weighted by atomic mass is 9.92. The summed E-state index contributed by atoms with van der Waals surface area (Å²) >= 11 is 0. The lowest BCUT2D eigenvalue weighted by molar-refractivity contribution is -0.149. The van der Waals surface area contributed by atoms with E-state index in [4.69, 9.17) is 0 Å². The van der Waals surface area contributed by atoms with Crippen LogP contribution in [0.2, 0.25) is 0 Å². The van der Waals surface area contributed by atoms with Crippen LogP contribution in [0.1, 0.15) is 25.7 Å². The molecule has 0 aliphatic heterocycles. The summed E-state index contributed by atoms with van der Waals surface area (Å²) < 4.78 is 36.1. The van der Waals surface area contributed by atoms with Gasteiger partial charge in [-0.2, -0.15) is 13.2 Å². The van der Waals surface area contributed by atoms with Gasteiger partial charge in [-0.1, -0.05) is 0 Å². The Bertz CT molecular complexity index is 175. The van der Waals surface area contributed by atoms with Crippen LogP contribution in [-0.4, -0.2) is 41.9 Å². The maximum absolute atomic E-state index is 12.0. The van der Waals surface area contributed by atoms with Crippen molar-refractivity contribution in [2.75, 3.05) is 13.6 Å². The molecule has 0 unspecified atom stereocenters. The van der Waals surface area contributed by atoms with Crippen molar-refractivity contribution in [1.82, 2.24) is 4.90 Å². The van der Waals surface area contributed by atoms with Crippen LogP contribution in [0.4, 0.5) is 13.2 Å². The Kier molecular flexibility index (Phi) is 3.78. The van der Waals surface area contributed by atoms with E-state index < -0.39 is 12.7 Å². The fourth-order valence-electron chi connectivity index (χ4n) is 1.91. The minimum Gasteiger partial charge on any atom is -0.393 e. The SMILES string of the molecule is CN(CC(F)(F)F)C1CCC(O)CC1. The van der Waals surface area contributed by atoms with Gasteiger partial charge in [0.1, 0.15) is 0 Å². The first-order chi connectivity index (χ1) is 6.38. The number of aliphatic hydroxyl groups is 1. The molecular weight excluding hydrogens is 195 g/mol. The molecule has 2 nitrogen and oxygen atoms in total. The van der Waals surface area contributed by atoms with Crippen LogP contribution in [0.15, 0.2) is 0 Å². The summed E-state index contributed by atoms with van der Waals surface area (Å²) in [6.07, 6.45) is -1.88. The standard InChI is InChI=1S/C9H16F3NO/c1-13(6-9(10,11)12)7-2-4-8(14)5-3-7/h7-8,14H,2-6H2,1H3. The molecule has 1 aliphatic rings. The molecule has 0 atom stereocenters. The summed E-state index contributed by atoms with van der Waals surface area (Å²) in [6, 6.07) is -0.0278. The average molecular weight is 211 g/mol. The fourth-order valence-corrected chi connectivity index (χ4v) is 1.91. The van der Waals surface area contributed by atoms with E-state index in [9.17, 15) is 18.3 Å². The molecule has 0 heterocycles. The molecule has 0 aromatic heterocycles. The molecule has 5 heteroatoms. The van der Waals surface area contributed by atoms with Gasteiger partial charge in [-0.05, 0) is 32.7 Å². The highest BCUT2D eigenvalue weighted by Gasteiger charge is 2.33. The molecule has 0 aromatic carbocycles. The van der Waals surface area contributed by atoms with Gasteiger partial charge >= 0.3 is 6.18 Å². The quantitative estimate of drug-likeness (QED) is 0.752. The molecule has 0 aromatic rings. The Hall–Kier alpha value is -0.290. The van der Waals surface area contributed by atoms with Gasteiger partial charge in [-0.3, -0.25) is 4.90 Å². The third-order valence-corrected chi connectivity index (χ3v) is 2.72. The zero-order chi connectivity index (χ0) is 10.8. The highest BCUT2D eigenvalue weighted by molar-refractivity contribution is 4.78. The Morgan fingerprint density at radius 2 is 1.71 bits per heavy atom. The molecule has 0 saturated heterocycles. The summed E-state index contributed by atoms with van der Waals surface area (Å²) in [6.45, 7) is -0.853. The Balaban J connectivity index is 2.34. The maximum Gasteiger partial charge on any atom is 0.401 e. The molecule has 0 spiro atoms. The van der Waals surface area contributed by atoms with Crippen molar-refractivity contribution in [3.05, 3.63) is 0 Å². The van der Waals surface area contributed by atoms with Gasteiger partial charge in [0.2, 0.25) is 0 Å². The predicted octanol–water partition coefficient (Wildman–Crippen LogP) is 1.78. The Labute approximate surface area is 81.7 Å². The highest BCUT2D eigenvalue weighted by atomic mass is 19.4. The van der Waals surface area contributed by atoms with E-state index in [1.54, 1.807) is 0 Å². The predicted molar refractivity (Wildman–Crippen MR) is 46.9 cm³/mol. The van der Waals surface area contributed by atoms with Gasteiger partial charge in [0.25, 0.3) is 0 Å². The van der Waals surface area contributed by atoms with Crippen LogP contribution >= 0.6 is 0 Å².